The number of nitrogens with one attached hydrogen (secondary N) is 1. The first-order chi connectivity index (χ1) is 4.93. The topological polar surface area (TPSA) is 28.7 Å². The van der Waals surface area contributed by atoms with E-state index in [1.54, 1.807) is 6.33 Å². The van der Waals surface area contributed by atoms with E-state index < -0.39 is 0 Å². The Labute approximate surface area is 64.5 Å². The number of unbranched alkanes of at least 4 members (excludes halogenated alkanes) is 1. The summed E-state index contributed by atoms with van der Waals surface area (Å²) >= 11 is 0. The molecule has 0 spiro atoms. The lowest BCUT2D eigenvalue weighted by molar-refractivity contribution is 0.780. The molecule has 1 N–H and O–H groups in total. The molecule has 1 aromatic heterocycles. The van der Waals surface area contributed by atoms with Crippen LogP contribution < -0.4 is 0 Å². The first kappa shape index (κ1) is 7.53. The Morgan fingerprint density at radius 1 is 1.50 bits per heavy atom. The highest BCUT2D eigenvalue weighted by Crippen LogP contribution is 2.00. The number of aryl methyl sites for hydroxylation is 1. The lowest BCUT2D eigenvalue weighted by atomic mass is 10.2. The van der Waals surface area contributed by atoms with Gasteiger partial charge in [-0.3, -0.25) is 0 Å². The highest BCUT2D eigenvalue weighted by Gasteiger charge is 1.91. The van der Waals surface area contributed by atoms with Gasteiger partial charge < -0.3 is 4.98 Å². The van der Waals surface area contributed by atoms with Crippen molar-refractivity contribution in [2.75, 3.05) is 0 Å². The van der Waals surface area contributed by atoms with Crippen LogP contribution in [0, 0.1) is 0 Å². The van der Waals surface area contributed by atoms with Crippen LogP contribution in [0.1, 0.15) is 18.5 Å². The van der Waals surface area contributed by atoms with Gasteiger partial charge in [-0.25, -0.2) is 4.98 Å². The molecule has 0 fully saturated rings. The summed E-state index contributed by atoms with van der Waals surface area (Å²) in [6, 6.07) is 1.09. The Morgan fingerprint density at radius 2 is 2.40 bits per heavy atom. The van der Waals surface area contributed by atoms with Crippen molar-refractivity contribution in [3.8, 4) is 0 Å². The van der Waals surface area contributed by atoms with Crippen molar-refractivity contribution in [1.82, 2.24) is 9.97 Å². The van der Waals surface area contributed by atoms with Crippen LogP contribution in [0.25, 0.3) is 0 Å². The average molecular weight is 151 g/mol. The molecule has 0 aliphatic rings. The minimum Gasteiger partial charge on any atom is -0.348 e. The highest BCUT2D eigenvalue weighted by molar-refractivity contribution is 6.08. The van der Waals surface area contributed by atoms with Gasteiger partial charge in [-0.2, -0.15) is 0 Å². The zero-order valence-corrected chi connectivity index (χ0v) is 6.93. The third-order valence-electron chi connectivity index (χ3n) is 1.43. The number of hydrogen-bond acceptors (Lipinski definition) is 1. The Hall–Kier alpha value is -0.573. The normalized spacial score (nSPS) is 10.1. The molecule has 0 bridgehead atoms. The minimum absolute atomic E-state index is 1.09. The van der Waals surface area contributed by atoms with Crippen LogP contribution in [0.4, 0.5) is 0 Å². The molecule has 0 aromatic carbocycles. The third kappa shape index (κ3) is 2.35. The summed E-state index contributed by atoms with van der Waals surface area (Å²) in [5, 5.41) is 0. The second-order valence-electron chi connectivity index (χ2n) is 2.28. The van der Waals surface area contributed by atoms with Crippen molar-refractivity contribution < 1.29 is 0 Å². The first-order valence-corrected chi connectivity index (χ1v) is 4.26. The number of H-pyrrole nitrogens is 1. The fourth-order valence-electron chi connectivity index (χ4n) is 0.862. The summed E-state index contributed by atoms with van der Waals surface area (Å²) in [7, 11) is 3.43. The van der Waals surface area contributed by atoms with E-state index in [1.165, 1.54) is 18.5 Å². The molecule has 1 aromatic rings. The number of aromatic amines is 1. The quantitative estimate of drug-likeness (QED) is 0.510. The molecule has 1 heterocycles. The van der Waals surface area contributed by atoms with Gasteiger partial charge in [0, 0.05) is 22.1 Å². The van der Waals surface area contributed by atoms with Gasteiger partial charge in [0.15, 0.2) is 0 Å². The Morgan fingerprint density at radius 3 is 3.00 bits per heavy atom. The fraction of sp³-hybridized carbons (Fsp3) is 0.571. The lowest BCUT2D eigenvalue weighted by Gasteiger charge is -1.93. The van der Waals surface area contributed by atoms with Crippen LogP contribution >= 0.6 is 0 Å². The maximum atomic E-state index is 3.93. The van der Waals surface area contributed by atoms with E-state index in [9.17, 15) is 0 Å². The largest absolute Gasteiger partial charge is 0.348 e. The minimum atomic E-state index is 1.09. The maximum absolute atomic E-state index is 3.93. The van der Waals surface area contributed by atoms with Crippen LogP contribution in [0.3, 0.4) is 0 Å². The molecule has 0 saturated carbocycles. The monoisotopic (exact) mass is 151 g/mol. The van der Waals surface area contributed by atoms with Crippen molar-refractivity contribution in [2.45, 2.75) is 25.3 Å². The predicted molar refractivity (Wildman–Crippen MR) is 42.1 cm³/mol. The van der Waals surface area contributed by atoms with E-state index in [2.05, 4.69) is 20.2 Å². The van der Waals surface area contributed by atoms with Crippen molar-refractivity contribution in [1.29, 1.82) is 0 Å². The van der Waals surface area contributed by atoms with Crippen molar-refractivity contribution >= 4 is 10.2 Å². The van der Waals surface area contributed by atoms with E-state index in [0.717, 1.165) is 12.5 Å². The molecule has 2 nitrogen and oxygen atoms in total. The standard InChI is InChI=1S/C7H11N2Si/c10-4-2-1-3-7-5-8-6-9-7/h5-6H,1-4H2,(H,8,9). The van der Waals surface area contributed by atoms with Gasteiger partial charge in [-0.15, -0.1) is 0 Å². The fourth-order valence-corrected chi connectivity index (χ4v) is 1.11. The van der Waals surface area contributed by atoms with Gasteiger partial charge in [0.1, 0.15) is 0 Å². The molecule has 0 aliphatic carbocycles. The molecule has 10 heavy (non-hydrogen) atoms. The van der Waals surface area contributed by atoms with E-state index in [0.29, 0.717) is 0 Å². The van der Waals surface area contributed by atoms with E-state index in [4.69, 9.17) is 0 Å². The average Bonchev–Trinajstić information content (AvgIpc) is 2.41. The van der Waals surface area contributed by atoms with E-state index >= 15 is 0 Å². The molecule has 53 valence electrons. The first-order valence-electron chi connectivity index (χ1n) is 3.55. The van der Waals surface area contributed by atoms with Crippen LogP contribution in [0.15, 0.2) is 12.5 Å². The van der Waals surface area contributed by atoms with Gasteiger partial charge in [0.2, 0.25) is 0 Å². The third-order valence-corrected chi connectivity index (χ3v) is 1.78. The highest BCUT2D eigenvalue weighted by atomic mass is 28.1. The lowest BCUT2D eigenvalue weighted by Crippen LogP contribution is -1.84. The summed E-state index contributed by atoms with van der Waals surface area (Å²) in [5.74, 6) is 0. The number of aromatic nitrogens is 2. The summed E-state index contributed by atoms with van der Waals surface area (Å²) in [6.07, 6.45) is 7.18. The second kappa shape index (κ2) is 4.28. The molecule has 3 radical (unpaired) electrons. The van der Waals surface area contributed by atoms with E-state index in [1.807, 2.05) is 6.20 Å². The maximum Gasteiger partial charge on any atom is 0.0921 e. The smallest absolute Gasteiger partial charge is 0.0921 e. The Bertz CT molecular complexity index is 160. The molecule has 0 aliphatic heterocycles. The van der Waals surface area contributed by atoms with Crippen molar-refractivity contribution in [3.05, 3.63) is 18.2 Å². The van der Waals surface area contributed by atoms with Crippen LogP contribution in [-0.4, -0.2) is 20.2 Å². The molecule has 0 atom stereocenters. The molecule has 0 amide bonds. The number of nitrogens with zero attached hydrogens (tertiary/aromatic N) is 1. The summed E-state index contributed by atoms with van der Waals surface area (Å²) in [4.78, 5) is 7.00. The van der Waals surface area contributed by atoms with Gasteiger partial charge in [0.25, 0.3) is 0 Å². The Kier molecular flexibility index (Phi) is 3.22. The molecule has 1 rings (SSSR count). The molecular formula is C7H11N2Si. The number of rotatable bonds is 4. The van der Waals surface area contributed by atoms with Crippen molar-refractivity contribution in [3.63, 3.8) is 0 Å². The SMILES string of the molecule is [Si]CCCCc1cnc[nH]1. The number of hydrogen-bond donors (Lipinski definition) is 1. The van der Waals surface area contributed by atoms with E-state index in [-0.39, 0.29) is 0 Å². The predicted octanol–water partition coefficient (Wildman–Crippen LogP) is 1.32. The Balaban J connectivity index is 2.15. The molecular weight excluding hydrogens is 140 g/mol. The van der Waals surface area contributed by atoms with Crippen LogP contribution in [-0.2, 0) is 6.42 Å². The van der Waals surface area contributed by atoms with Gasteiger partial charge in [-0.05, 0) is 12.8 Å². The summed E-state index contributed by atoms with van der Waals surface area (Å²) in [5.41, 5.74) is 1.24. The molecule has 0 saturated heterocycles. The molecule has 0 unspecified atom stereocenters. The number of imidazole rings is 1. The zero-order chi connectivity index (χ0) is 7.23. The zero-order valence-electron chi connectivity index (χ0n) is 5.93. The van der Waals surface area contributed by atoms with Gasteiger partial charge in [-0.1, -0.05) is 12.5 Å². The summed E-state index contributed by atoms with van der Waals surface area (Å²) < 4.78 is 0. The van der Waals surface area contributed by atoms with Gasteiger partial charge >= 0.3 is 0 Å². The van der Waals surface area contributed by atoms with Crippen LogP contribution in [0.2, 0.25) is 6.04 Å². The second-order valence-corrected chi connectivity index (χ2v) is 2.78. The van der Waals surface area contributed by atoms with Crippen molar-refractivity contribution in [2.24, 2.45) is 0 Å². The molecule has 3 heteroatoms. The van der Waals surface area contributed by atoms with Gasteiger partial charge in [0.05, 0.1) is 6.33 Å². The summed E-state index contributed by atoms with van der Waals surface area (Å²) in [6.45, 7) is 0. The van der Waals surface area contributed by atoms with Crippen LogP contribution in [0.5, 0.6) is 0 Å².